The van der Waals surface area contributed by atoms with Crippen molar-refractivity contribution in [3.63, 3.8) is 0 Å². The Hall–Kier alpha value is -2.60. The van der Waals surface area contributed by atoms with Gasteiger partial charge in [0.2, 0.25) is 0 Å². The summed E-state index contributed by atoms with van der Waals surface area (Å²) in [5.41, 5.74) is 1.86. The van der Waals surface area contributed by atoms with Crippen LogP contribution in [0, 0.1) is 6.92 Å². The second-order valence-corrected chi connectivity index (χ2v) is 6.43. The molecule has 112 valence electrons. The van der Waals surface area contributed by atoms with Crippen LogP contribution in [0.5, 0.6) is 0 Å². The Morgan fingerprint density at radius 1 is 1.05 bits per heavy atom. The molecule has 0 aliphatic rings. The predicted octanol–water partition coefficient (Wildman–Crippen LogP) is 3.02. The highest BCUT2D eigenvalue weighted by molar-refractivity contribution is 7.87. The number of nitrogens with one attached hydrogen (secondary N) is 1. The molecule has 0 aliphatic carbocycles. The lowest BCUT2D eigenvalue weighted by Crippen LogP contribution is -2.13. The molecule has 2 aromatic carbocycles. The molecule has 6 heteroatoms. The van der Waals surface area contributed by atoms with E-state index in [4.69, 9.17) is 4.18 Å². The van der Waals surface area contributed by atoms with Crippen LogP contribution in [0.4, 0.5) is 0 Å². The maximum atomic E-state index is 12.2. The van der Waals surface area contributed by atoms with Gasteiger partial charge in [0.15, 0.2) is 0 Å². The van der Waals surface area contributed by atoms with E-state index < -0.39 is 16.1 Å². The lowest BCUT2D eigenvalue weighted by Gasteiger charge is -2.07. The average molecular weight is 315 g/mol. The van der Waals surface area contributed by atoms with Gasteiger partial charge in [-0.05, 0) is 37.3 Å². The minimum atomic E-state index is -4.14. The first kappa shape index (κ1) is 14.3. The van der Waals surface area contributed by atoms with Gasteiger partial charge < -0.3 is 9.17 Å². The lowest BCUT2D eigenvalue weighted by molar-refractivity contribution is 0.0749. The van der Waals surface area contributed by atoms with Gasteiger partial charge in [-0.2, -0.15) is 8.42 Å². The fraction of sp³-hybridized carbons (Fsp3) is 0.0625. The number of carbonyl (C=O) groups excluding carboxylic acids is 1. The molecule has 0 aliphatic heterocycles. The second-order valence-electron chi connectivity index (χ2n) is 4.88. The molecule has 0 atom stereocenters. The summed E-state index contributed by atoms with van der Waals surface area (Å²) in [6, 6.07) is 12.8. The molecule has 1 N–H and O–H groups in total. The number of aromatic nitrogens is 1. The topological polar surface area (TPSA) is 76.2 Å². The zero-order valence-corrected chi connectivity index (χ0v) is 12.6. The van der Waals surface area contributed by atoms with E-state index in [9.17, 15) is 13.2 Å². The van der Waals surface area contributed by atoms with Crippen LogP contribution in [0.1, 0.15) is 15.9 Å². The first-order chi connectivity index (χ1) is 10.5. The largest absolute Gasteiger partial charge is 0.361 e. The van der Waals surface area contributed by atoms with E-state index in [2.05, 4.69) is 4.98 Å². The van der Waals surface area contributed by atoms with Crippen LogP contribution in [0.2, 0.25) is 0 Å². The molecule has 3 aromatic rings. The van der Waals surface area contributed by atoms with Crippen molar-refractivity contribution in [1.29, 1.82) is 0 Å². The maximum absolute atomic E-state index is 12.2. The van der Waals surface area contributed by atoms with Gasteiger partial charge in [-0.3, -0.25) is 0 Å². The minimum Gasteiger partial charge on any atom is -0.361 e. The SMILES string of the molecule is Cc1ccc(S(=O)(=O)OC(=O)c2cccc3[nH]ccc23)cc1. The number of hydrogen-bond acceptors (Lipinski definition) is 4. The standard InChI is InChI=1S/C16H13NO4S/c1-11-5-7-12(8-6-11)22(19,20)21-16(18)14-3-2-4-15-13(14)9-10-17-15/h2-10,17H,1H3. The summed E-state index contributed by atoms with van der Waals surface area (Å²) in [5, 5.41) is 0.617. The normalized spacial score (nSPS) is 11.5. The molecular formula is C16H13NO4S. The van der Waals surface area contributed by atoms with E-state index in [1.54, 1.807) is 36.5 Å². The fourth-order valence-corrected chi connectivity index (χ4v) is 3.02. The van der Waals surface area contributed by atoms with Crippen LogP contribution < -0.4 is 0 Å². The van der Waals surface area contributed by atoms with Crippen molar-refractivity contribution < 1.29 is 17.4 Å². The molecular weight excluding hydrogens is 302 g/mol. The van der Waals surface area contributed by atoms with E-state index >= 15 is 0 Å². The van der Waals surface area contributed by atoms with Crippen LogP contribution in [0.3, 0.4) is 0 Å². The van der Waals surface area contributed by atoms with Crippen molar-refractivity contribution in [3.05, 3.63) is 65.9 Å². The van der Waals surface area contributed by atoms with E-state index in [1.165, 1.54) is 18.2 Å². The Labute approximate surface area is 127 Å². The highest BCUT2D eigenvalue weighted by Gasteiger charge is 2.22. The molecule has 0 spiro atoms. The number of fused-ring (bicyclic) bond motifs is 1. The molecule has 0 saturated carbocycles. The molecule has 3 rings (SSSR count). The van der Waals surface area contributed by atoms with Crippen molar-refractivity contribution in [2.24, 2.45) is 0 Å². The third kappa shape index (κ3) is 2.60. The molecule has 0 fully saturated rings. The van der Waals surface area contributed by atoms with Gasteiger partial charge in [0.25, 0.3) is 0 Å². The third-order valence-electron chi connectivity index (χ3n) is 3.31. The zero-order chi connectivity index (χ0) is 15.7. The van der Waals surface area contributed by atoms with E-state index in [-0.39, 0.29) is 10.5 Å². The molecule has 0 radical (unpaired) electrons. The molecule has 22 heavy (non-hydrogen) atoms. The number of aromatic amines is 1. The van der Waals surface area contributed by atoms with Gasteiger partial charge in [-0.1, -0.05) is 23.8 Å². The van der Waals surface area contributed by atoms with Crippen molar-refractivity contribution in [3.8, 4) is 0 Å². The number of hydrogen-bond donors (Lipinski definition) is 1. The first-order valence-corrected chi connectivity index (χ1v) is 8.00. The zero-order valence-electron chi connectivity index (χ0n) is 11.7. The molecule has 0 unspecified atom stereocenters. The predicted molar refractivity (Wildman–Crippen MR) is 82.1 cm³/mol. The molecule has 5 nitrogen and oxygen atoms in total. The summed E-state index contributed by atoms with van der Waals surface area (Å²) in [5.74, 6) is -0.897. The lowest BCUT2D eigenvalue weighted by atomic mass is 10.1. The Balaban J connectivity index is 1.93. The maximum Gasteiger partial charge on any atom is 0.354 e. The van der Waals surface area contributed by atoms with Gasteiger partial charge in [-0.25, -0.2) is 4.79 Å². The minimum absolute atomic E-state index is 0.0484. The summed E-state index contributed by atoms with van der Waals surface area (Å²) in [4.78, 5) is 15.1. The summed E-state index contributed by atoms with van der Waals surface area (Å²) in [6.07, 6.45) is 1.68. The first-order valence-electron chi connectivity index (χ1n) is 6.59. The highest BCUT2D eigenvalue weighted by Crippen LogP contribution is 2.21. The number of carbonyl (C=O) groups is 1. The van der Waals surface area contributed by atoms with Crippen molar-refractivity contribution in [2.75, 3.05) is 0 Å². The van der Waals surface area contributed by atoms with Crippen molar-refractivity contribution >= 4 is 27.0 Å². The van der Waals surface area contributed by atoms with E-state index in [1.807, 2.05) is 6.92 Å². The molecule has 1 aromatic heterocycles. The Morgan fingerprint density at radius 2 is 1.77 bits per heavy atom. The Morgan fingerprint density at radius 3 is 2.50 bits per heavy atom. The van der Waals surface area contributed by atoms with Gasteiger partial charge in [0, 0.05) is 17.1 Å². The van der Waals surface area contributed by atoms with Crippen LogP contribution >= 0.6 is 0 Å². The second kappa shape index (κ2) is 5.31. The molecule has 0 bridgehead atoms. The highest BCUT2D eigenvalue weighted by atomic mass is 32.2. The number of rotatable bonds is 3. The van der Waals surface area contributed by atoms with Gasteiger partial charge >= 0.3 is 16.1 Å². The van der Waals surface area contributed by atoms with Crippen LogP contribution in [0.15, 0.2) is 59.6 Å². The molecule has 0 saturated heterocycles. The summed E-state index contributed by atoms with van der Waals surface area (Å²) < 4.78 is 29.0. The van der Waals surface area contributed by atoms with Crippen molar-refractivity contribution in [1.82, 2.24) is 4.98 Å². The van der Waals surface area contributed by atoms with E-state index in [0.717, 1.165) is 11.1 Å². The molecule has 1 heterocycles. The summed E-state index contributed by atoms with van der Waals surface area (Å²) >= 11 is 0. The number of H-pyrrole nitrogens is 1. The van der Waals surface area contributed by atoms with Crippen LogP contribution in [-0.4, -0.2) is 19.4 Å². The summed E-state index contributed by atoms with van der Waals surface area (Å²) in [7, 11) is -4.14. The van der Waals surface area contributed by atoms with Crippen LogP contribution in [-0.2, 0) is 14.3 Å². The van der Waals surface area contributed by atoms with Gasteiger partial charge in [0.1, 0.15) is 4.90 Å². The van der Waals surface area contributed by atoms with Gasteiger partial charge in [0.05, 0.1) is 5.56 Å². The summed E-state index contributed by atoms with van der Waals surface area (Å²) in [6.45, 7) is 1.84. The van der Waals surface area contributed by atoms with Crippen LogP contribution in [0.25, 0.3) is 10.9 Å². The molecule has 0 amide bonds. The van der Waals surface area contributed by atoms with Crippen molar-refractivity contribution in [2.45, 2.75) is 11.8 Å². The van der Waals surface area contributed by atoms with Gasteiger partial charge in [-0.15, -0.1) is 0 Å². The smallest absolute Gasteiger partial charge is 0.354 e. The third-order valence-corrected chi connectivity index (χ3v) is 4.53. The number of aryl methyl sites for hydroxylation is 1. The fourth-order valence-electron chi connectivity index (χ4n) is 2.16. The quantitative estimate of drug-likeness (QED) is 0.754. The monoisotopic (exact) mass is 315 g/mol. The Kier molecular flexibility index (Phi) is 3.46. The van der Waals surface area contributed by atoms with E-state index in [0.29, 0.717) is 5.39 Å². The Bertz CT molecular complexity index is 940. The average Bonchev–Trinajstić information content (AvgIpc) is 2.95. The number of benzene rings is 2.